The van der Waals surface area contributed by atoms with E-state index in [2.05, 4.69) is 6.58 Å². The normalized spacial score (nSPS) is 46.5. The minimum atomic E-state index is -1.68. The Morgan fingerprint density at radius 3 is 2.30 bits per heavy atom. The molecule has 11 heteroatoms. The van der Waals surface area contributed by atoms with Crippen molar-refractivity contribution in [3.8, 4) is 0 Å². The van der Waals surface area contributed by atoms with Crippen molar-refractivity contribution in [2.24, 2.45) is 17.3 Å². The molecule has 11 atom stereocenters. The van der Waals surface area contributed by atoms with E-state index < -0.39 is 88.2 Å². The molecule has 2 bridgehead atoms. The first kappa shape index (κ1) is 27.6. The van der Waals surface area contributed by atoms with Gasteiger partial charge in [-0.3, -0.25) is 19.2 Å². The molecular formula is C26H33ClO10. The standard InChI is InChI=1S/C26H33ClO10/c1-11-10-16(31)20-24(6)9-8-17(33-13(3)28)25(7,36-15(5)30)19(24)22(34-14(4)29)26(37-20)12(2)23(32)35-21(26)18(11)27/h8-9,12,16-22,31H,1,10H2,2-7H3/t12-,16+,17+,18-,19+,20+,21-,22-,24-,25+,26-/m0/s1. The summed E-state index contributed by atoms with van der Waals surface area (Å²) < 4.78 is 29.8. The molecule has 1 spiro atoms. The van der Waals surface area contributed by atoms with Crippen molar-refractivity contribution in [3.63, 3.8) is 0 Å². The second-order valence-corrected chi connectivity index (χ2v) is 11.3. The quantitative estimate of drug-likeness (QED) is 0.245. The number of hydrogen-bond acceptors (Lipinski definition) is 10. The summed E-state index contributed by atoms with van der Waals surface area (Å²) in [5.41, 5.74) is -3.99. The number of carbonyl (C=O) groups excluding carboxylic acids is 4. The molecule has 1 N–H and O–H groups in total. The molecule has 3 saturated heterocycles. The molecule has 10 nitrogen and oxygen atoms in total. The summed E-state index contributed by atoms with van der Waals surface area (Å²) in [4.78, 5) is 50.1. The van der Waals surface area contributed by atoms with Crippen LogP contribution in [0.4, 0.5) is 0 Å². The van der Waals surface area contributed by atoms with Gasteiger partial charge in [-0.2, -0.15) is 0 Å². The van der Waals surface area contributed by atoms with E-state index in [0.29, 0.717) is 5.57 Å². The van der Waals surface area contributed by atoms with Crippen LogP contribution in [0.2, 0.25) is 0 Å². The number of aliphatic hydroxyl groups is 1. The van der Waals surface area contributed by atoms with Crippen LogP contribution in [-0.2, 0) is 42.9 Å². The summed E-state index contributed by atoms with van der Waals surface area (Å²) in [6.45, 7) is 12.6. The Morgan fingerprint density at radius 2 is 1.73 bits per heavy atom. The van der Waals surface area contributed by atoms with E-state index in [1.165, 1.54) is 20.8 Å². The number of carbonyl (C=O) groups is 4. The van der Waals surface area contributed by atoms with Gasteiger partial charge in [0.25, 0.3) is 0 Å². The Labute approximate surface area is 220 Å². The number of fused-ring (bicyclic) bond motifs is 3. The first-order valence-electron chi connectivity index (χ1n) is 12.2. The zero-order valence-electron chi connectivity index (χ0n) is 21.7. The van der Waals surface area contributed by atoms with Crippen molar-refractivity contribution >= 4 is 35.5 Å². The molecule has 0 amide bonds. The van der Waals surface area contributed by atoms with Crippen molar-refractivity contribution in [3.05, 3.63) is 24.3 Å². The average Bonchev–Trinajstić information content (AvgIpc) is 3.01. The molecule has 37 heavy (non-hydrogen) atoms. The molecule has 1 aliphatic carbocycles. The van der Waals surface area contributed by atoms with Crippen molar-refractivity contribution in [1.29, 1.82) is 0 Å². The van der Waals surface area contributed by atoms with Crippen molar-refractivity contribution in [1.82, 2.24) is 0 Å². The zero-order valence-corrected chi connectivity index (χ0v) is 22.4. The number of halogens is 1. The summed E-state index contributed by atoms with van der Waals surface area (Å²) in [6.07, 6.45) is -2.27. The lowest BCUT2D eigenvalue weighted by molar-refractivity contribution is -0.329. The Morgan fingerprint density at radius 1 is 1.11 bits per heavy atom. The van der Waals surface area contributed by atoms with Crippen LogP contribution in [0.1, 0.15) is 48.0 Å². The second-order valence-electron chi connectivity index (χ2n) is 10.8. The fraction of sp³-hybridized carbons (Fsp3) is 0.692. The fourth-order valence-corrected chi connectivity index (χ4v) is 7.21. The summed E-state index contributed by atoms with van der Waals surface area (Å²) in [7, 11) is 0. The zero-order chi connectivity index (χ0) is 27.7. The highest BCUT2D eigenvalue weighted by molar-refractivity contribution is 6.23. The maximum Gasteiger partial charge on any atom is 0.312 e. The smallest absolute Gasteiger partial charge is 0.312 e. The van der Waals surface area contributed by atoms with Gasteiger partial charge >= 0.3 is 23.9 Å². The molecule has 0 saturated carbocycles. The van der Waals surface area contributed by atoms with Gasteiger partial charge in [0.05, 0.1) is 29.4 Å². The number of rotatable bonds is 3. The van der Waals surface area contributed by atoms with Gasteiger partial charge in [0.15, 0.2) is 23.4 Å². The van der Waals surface area contributed by atoms with Crippen molar-refractivity contribution in [2.75, 3.05) is 0 Å². The molecule has 0 aromatic heterocycles. The third-order valence-corrected chi connectivity index (χ3v) is 8.86. The fourth-order valence-electron chi connectivity index (χ4n) is 6.87. The molecule has 0 unspecified atom stereocenters. The average molecular weight is 541 g/mol. The summed E-state index contributed by atoms with van der Waals surface area (Å²) >= 11 is 6.77. The Hall–Kier alpha value is -2.43. The topological polar surface area (TPSA) is 135 Å². The van der Waals surface area contributed by atoms with Gasteiger partial charge in [-0.1, -0.05) is 25.2 Å². The molecule has 0 radical (unpaired) electrons. The largest absolute Gasteiger partial charge is 0.459 e. The van der Waals surface area contributed by atoms with E-state index in [4.69, 9.17) is 35.3 Å². The summed E-state index contributed by atoms with van der Waals surface area (Å²) in [6, 6.07) is 0. The van der Waals surface area contributed by atoms with Crippen LogP contribution in [0.15, 0.2) is 24.3 Å². The van der Waals surface area contributed by atoms with Crippen LogP contribution in [-0.4, -0.2) is 76.1 Å². The van der Waals surface area contributed by atoms with Gasteiger partial charge in [0.2, 0.25) is 0 Å². The van der Waals surface area contributed by atoms with E-state index >= 15 is 0 Å². The summed E-state index contributed by atoms with van der Waals surface area (Å²) in [5.74, 6) is -4.57. The Kier molecular flexibility index (Phi) is 6.79. The van der Waals surface area contributed by atoms with Gasteiger partial charge < -0.3 is 28.8 Å². The van der Waals surface area contributed by atoms with Gasteiger partial charge in [-0.05, 0) is 26.3 Å². The molecule has 0 aromatic rings. The van der Waals surface area contributed by atoms with E-state index in [1.807, 2.05) is 0 Å². The third kappa shape index (κ3) is 3.99. The molecule has 3 fully saturated rings. The monoisotopic (exact) mass is 540 g/mol. The maximum atomic E-state index is 13.1. The lowest BCUT2D eigenvalue weighted by Crippen LogP contribution is -2.78. The van der Waals surface area contributed by atoms with E-state index in [-0.39, 0.29) is 6.42 Å². The maximum absolute atomic E-state index is 13.1. The summed E-state index contributed by atoms with van der Waals surface area (Å²) in [5, 5.41) is 10.4. The Balaban J connectivity index is 2.06. The molecule has 204 valence electrons. The SMILES string of the molecule is C=C1C[C@@H](O)[C@H]2O[C@]3([C@@H](C)C(=O)O[C@H]3[C@H]1Cl)[C@@H](OC(C)=O)[C@@H]1[C@]2(C)C=C[C@@H](OC(C)=O)[C@@]1(C)OC(C)=O. The van der Waals surface area contributed by atoms with Crippen LogP contribution in [0.3, 0.4) is 0 Å². The number of ether oxygens (including phenoxy) is 5. The van der Waals surface area contributed by atoms with Crippen molar-refractivity contribution < 1.29 is 48.0 Å². The highest BCUT2D eigenvalue weighted by atomic mass is 35.5. The number of aliphatic hydroxyl groups excluding tert-OH is 1. The van der Waals surface area contributed by atoms with Gasteiger partial charge in [0.1, 0.15) is 6.10 Å². The molecule has 4 aliphatic rings. The van der Waals surface area contributed by atoms with Crippen LogP contribution < -0.4 is 0 Å². The molecule has 4 rings (SSSR count). The number of hydrogen-bond donors (Lipinski definition) is 1. The lowest BCUT2D eigenvalue weighted by atomic mass is 9.51. The number of esters is 4. The van der Waals surface area contributed by atoms with E-state index in [9.17, 15) is 24.3 Å². The predicted octanol–water partition coefficient (Wildman–Crippen LogP) is 1.99. The third-order valence-electron chi connectivity index (χ3n) is 8.32. The first-order valence-corrected chi connectivity index (χ1v) is 12.6. The van der Waals surface area contributed by atoms with E-state index in [0.717, 1.165) is 0 Å². The highest BCUT2D eigenvalue weighted by Gasteiger charge is 2.77. The van der Waals surface area contributed by atoms with Crippen LogP contribution >= 0.6 is 11.6 Å². The lowest BCUT2D eigenvalue weighted by Gasteiger charge is -2.64. The first-order chi connectivity index (χ1) is 17.1. The van der Waals surface area contributed by atoms with Gasteiger partial charge in [-0.25, -0.2) is 0 Å². The molecule has 3 aliphatic heterocycles. The van der Waals surface area contributed by atoms with E-state index in [1.54, 1.807) is 32.9 Å². The van der Waals surface area contributed by atoms with Crippen molar-refractivity contribution in [2.45, 2.75) is 95.1 Å². The molecular weight excluding hydrogens is 508 g/mol. The Bertz CT molecular complexity index is 1070. The second kappa shape index (κ2) is 9.10. The highest BCUT2D eigenvalue weighted by Crippen LogP contribution is 2.62. The molecule has 3 heterocycles. The molecule has 0 aromatic carbocycles. The van der Waals surface area contributed by atoms with Gasteiger partial charge in [-0.15, -0.1) is 11.6 Å². The minimum Gasteiger partial charge on any atom is -0.459 e. The van der Waals surface area contributed by atoms with Gasteiger partial charge in [0, 0.05) is 26.2 Å². The van der Waals surface area contributed by atoms with Crippen LogP contribution in [0.25, 0.3) is 0 Å². The minimum absolute atomic E-state index is 0.0450. The predicted molar refractivity (Wildman–Crippen MR) is 128 cm³/mol. The van der Waals surface area contributed by atoms with Crippen LogP contribution in [0, 0.1) is 17.3 Å². The number of alkyl halides is 1. The van der Waals surface area contributed by atoms with Crippen LogP contribution in [0.5, 0.6) is 0 Å².